The average molecular weight is 993 g/mol. The first-order valence-electron chi connectivity index (χ1n) is 24.9. The topological polar surface area (TPSA) is 175 Å². The van der Waals surface area contributed by atoms with Crippen LogP contribution in [-0.4, -0.2) is 168 Å². The second-order valence-corrected chi connectivity index (χ2v) is 32.0. The molecule has 3 saturated heterocycles. The number of aliphatic hydroxyl groups excluding tert-OH is 1. The third kappa shape index (κ3) is 15.5. The first-order valence-corrected chi connectivity index (χ1v) is 31.7. The molecule has 0 aliphatic carbocycles. The summed E-state index contributed by atoms with van der Waals surface area (Å²) in [5.74, 6) is -4.57. The molecule has 3 aliphatic heterocycles. The van der Waals surface area contributed by atoms with Gasteiger partial charge in [0.25, 0.3) is 0 Å². The summed E-state index contributed by atoms with van der Waals surface area (Å²) in [6.45, 7) is 37.5. The summed E-state index contributed by atoms with van der Waals surface area (Å²) in [5.41, 5.74) is -3.43. The molecule has 2 N–H and O–H groups in total. The Morgan fingerprint density at radius 2 is 1.39 bits per heavy atom. The van der Waals surface area contributed by atoms with Gasteiger partial charge in [0.2, 0.25) is 5.79 Å². The standard InChI is InChI=1S/C49H96N2O14Si2/c1-24-36-49(13,54)41(52)31(5)38(50-65-46(9,10)57-25-2)29(3)27-47(11,55-16)42(62-45-40(63-66(18,19)20)35(51(14)15)26-30(4)58-45)32(6)39(33(7)44(53)60-36)61-37-28-48(12,56-17)43(34(8)59-37)64-67(21,22)23/h29-37,39-43,45,52,54H,24-28H2,1-23H3/b50-38-/t29-,30-,31-,32+,33-,34+,35+,36+,37+,39-,40-,41-,42-,43+,45+,47+,48-,49-/m1/s1. The van der Waals surface area contributed by atoms with Crippen LogP contribution in [0.4, 0.5) is 0 Å². The predicted octanol–water partition coefficient (Wildman–Crippen LogP) is 7.73. The number of rotatable bonds is 16. The Bertz CT molecular complexity index is 1590. The van der Waals surface area contributed by atoms with Crippen molar-refractivity contribution in [3.63, 3.8) is 0 Å². The van der Waals surface area contributed by atoms with E-state index in [-0.39, 0.29) is 31.1 Å². The van der Waals surface area contributed by atoms with Crippen molar-refractivity contribution < 1.29 is 66.6 Å². The predicted molar refractivity (Wildman–Crippen MR) is 265 cm³/mol. The highest BCUT2D eigenvalue weighted by molar-refractivity contribution is 6.70. The second kappa shape index (κ2) is 23.6. The molecule has 18 atom stereocenters. The Morgan fingerprint density at radius 3 is 1.90 bits per heavy atom. The smallest absolute Gasteiger partial charge is 0.311 e. The summed E-state index contributed by atoms with van der Waals surface area (Å²) in [6, 6.07) is -0.0381. The highest BCUT2D eigenvalue weighted by atomic mass is 28.4. The number of ether oxygens (including phenoxy) is 8. The van der Waals surface area contributed by atoms with E-state index in [0.29, 0.717) is 18.7 Å². The fourth-order valence-electron chi connectivity index (χ4n) is 10.4. The molecule has 0 saturated carbocycles. The third-order valence-corrected chi connectivity index (χ3v) is 16.0. The summed E-state index contributed by atoms with van der Waals surface area (Å²) in [4.78, 5) is 23.1. The van der Waals surface area contributed by atoms with Crippen molar-refractivity contribution in [2.24, 2.45) is 28.8 Å². The normalized spacial score (nSPS) is 42.1. The van der Waals surface area contributed by atoms with Gasteiger partial charge in [0.05, 0.1) is 59.5 Å². The number of nitrogens with zero attached hydrogens (tertiary/aromatic N) is 2. The maximum Gasteiger partial charge on any atom is 0.311 e. The van der Waals surface area contributed by atoms with Gasteiger partial charge in [0, 0.05) is 64.9 Å². The van der Waals surface area contributed by atoms with Gasteiger partial charge < -0.3 is 66.7 Å². The zero-order chi connectivity index (χ0) is 51.4. The summed E-state index contributed by atoms with van der Waals surface area (Å²) in [6.07, 6.45) is -5.99. The lowest BCUT2D eigenvalue weighted by atomic mass is 9.73. The molecule has 3 heterocycles. The molecule has 0 spiro atoms. The Hall–Kier alpha value is -1.11. The van der Waals surface area contributed by atoms with Crippen molar-refractivity contribution in [1.82, 2.24) is 4.90 Å². The number of methoxy groups -OCH3 is 2. The van der Waals surface area contributed by atoms with Crippen molar-refractivity contribution >= 4 is 28.3 Å². The maximum absolute atomic E-state index is 14.8. The fraction of sp³-hybridized carbons (Fsp3) is 0.959. The summed E-state index contributed by atoms with van der Waals surface area (Å²) >= 11 is 0. The molecule has 3 rings (SSSR count). The largest absolute Gasteiger partial charge is 0.459 e. The zero-order valence-electron chi connectivity index (χ0n) is 45.9. The van der Waals surface area contributed by atoms with Crippen molar-refractivity contribution in [3.05, 3.63) is 0 Å². The molecule has 67 heavy (non-hydrogen) atoms. The van der Waals surface area contributed by atoms with Crippen molar-refractivity contribution in [2.75, 3.05) is 34.9 Å². The number of likely N-dealkylation sites (N-methyl/N-ethyl adjacent to an activating group) is 1. The van der Waals surface area contributed by atoms with Crippen LogP contribution >= 0.6 is 0 Å². The van der Waals surface area contributed by atoms with Gasteiger partial charge in [-0.05, 0) is 121 Å². The van der Waals surface area contributed by atoms with Crippen molar-refractivity contribution in [2.45, 2.75) is 245 Å². The number of esters is 1. The van der Waals surface area contributed by atoms with Gasteiger partial charge in [-0.15, -0.1) is 0 Å². The molecule has 0 aromatic rings. The number of carbonyl (C=O) groups excluding carboxylic acids is 1. The molecule has 16 nitrogen and oxygen atoms in total. The van der Waals surface area contributed by atoms with Crippen LogP contribution in [0.25, 0.3) is 0 Å². The Morgan fingerprint density at radius 1 is 0.821 bits per heavy atom. The van der Waals surface area contributed by atoms with E-state index in [0.717, 1.165) is 6.42 Å². The molecular weight excluding hydrogens is 897 g/mol. The lowest BCUT2D eigenvalue weighted by Gasteiger charge is -2.51. The molecule has 0 aromatic carbocycles. The van der Waals surface area contributed by atoms with Crippen LogP contribution in [0.1, 0.15) is 116 Å². The third-order valence-electron chi connectivity index (χ3n) is 14.1. The van der Waals surface area contributed by atoms with Crippen LogP contribution in [0.2, 0.25) is 39.3 Å². The van der Waals surface area contributed by atoms with Gasteiger partial charge in [-0.25, -0.2) is 0 Å². The number of aliphatic hydroxyl groups is 2. The lowest BCUT2D eigenvalue weighted by Crippen LogP contribution is -2.63. The van der Waals surface area contributed by atoms with E-state index in [1.807, 2.05) is 62.6 Å². The van der Waals surface area contributed by atoms with E-state index >= 15 is 0 Å². The molecule has 0 unspecified atom stereocenters. The van der Waals surface area contributed by atoms with Crippen LogP contribution in [0.15, 0.2) is 5.16 Å². The monoisotopic (exact) mass is 993 g/mol. The molecular formula is C49H96N2O14Si2. The number of cyclic esters (lactones) is 1. The number of hydrogen-bond acceptors (Lipinski definition) is 16. The molecule has 0 amide bonds. The van der Waals surface area contributed by atoms with Crippen LogP contribution in [0.3, 0.4) is 0 Å². The average Bonchev–Trinajstić information content (AvgIpc) is 3.20. The first kappa shape index (κ1) is 60.2. The highest BCUT2D eigenvalue weighted by Gasteiger charge is 2.55. The highest BCUT2D eigenvalue weighted by Crippen LogP contribution is 2.43. The number of oxime groups is 1. The minimum atomic E-state index is -2.20. The van der Waals surface area contributed by atoms with Crippen molar-refractivity contribution in [3.8, 4) is 0 Å². The van der Waals surface area contributed by atoms with Gasteiger partial charge in [0.1, 0.15) is 17.8 Å². The molecule has 0 aromatic heterocycles. The molecule has 3 fully saturated rings. The minimum Gasteiger partial charge on any atom is -0.459 e. The van der Waals surface area contributed by atoms with Gasteiger partial charge in [-0.1, -0.05) is 32.9 Å². The quantitative estimate of drug-likeness (QED) is 0.0665. The molecule has 3 aliphatic rings. The van der Waals surface area contributed by atoms with Crippen molar-refractivity contribution in [1.29, 1.82) is 0 Å². The van der Waals surface area contributed by atoms with Gasteiger partial charge in [-0.3, -0.25) is 4.79 Å². The van der Waals surface area contributed by atoms with Crippen LogP contribution < -0.4 is 0 Å². The van der Waals surface area contributed by atoms with E-state index in [1.165, 1.54) is 6.92 Å². The Labute approximate surface area is 407 Å². The van der Waals surface area contributed by atoms with Crippen LogP contribution in [0.5, 0.6) is 0 Å². The molecule has 0 radical (unpaired) electrons. The second-order valence-electron chi connectivity index (χ2n) is 23.1. The van der Waals surface area contributed by atoms with Gasteiger partial charge in [-0.2, -0.15) is 0 Å². The van der Waals surface area contributed by atoms with Crippen LogP contribution in [-0.2, 0) is 56.4 Å². The lowest BCUT2D eigenvalue weighted by molar-refractivity contribution is -0.316. The summed E-state index contributed by atoms with van der Waals surface area (Å²) < 4.78 is 66.8. The SMILES string of the molecule is CCOC(C)(C)O/N=C1/[C@H](C)C[C@](C)(OC)[C@H](O[C@@H]2O[C@H](C)C[C@H](N(C)C)[C@H]2O[Si](C)(C)C)[C@@H](C)[C@@H](O[C@H]2C[C@@](C)(OC)[C@@H](O[Si](C)(C)C)[C@H](C)O2)[C@@H](C)C(=O)O[C@@H](CC)[C@@](C)(O)[C@H](O)[C@@H]1C. The van der Waals surface area contributed by atoms with E-state index in [1.54, 1.807) is 48.8 Å². The fourth-order valence-corrected chi connectivity index (χ4v) is 12.7. The zero-order valence-corrected chi connectivity index (χ0v) is 47.9. The first-order chi connectivity index (χ1) is 30.6. The van der Waals surface area contributed by atoms with Gasteiger partial charge in [0.15, 0.2) is 29.2 Å². The Kier molecular flexibility index (Phi) is 21.2. The van der Waals surface area contributed by atoms with E-state index in [9.17, 15) is 15.0 Å². The molecule has 18 heteroatoms. The number of hydrogen-bond donors (Lipinski definition) is 2. The van der Waals surface area contributed by atoms with Gasteiger partial charge >= 0.3 is 5.97 Å². The van der Waals surface area contributed by atoms with Crippen LogP contribution in [0, 0.1) is 23.7 Å². The minimum absolute atomic E-state index is 0.0381. The summed E-state index contributed by atoms with van der Waals surface area (Å²) in [7, 11) is 3.16. The van der Waals surface area contributed by atoms with E-state index in [2.05, 4.69) is 44.2 Å². The van der Waals surface area contributed by atoms with E-state index < -0.39 is 118 Å². The number of carbonyl (C=O) groups is 1. The maximum atomic E-state index is 14.8. The Balaban J connectivity index is 2.39. The summed E-state index contributed by atoms with van der Waals surface area (Å²) in [5, 5.41) is 29.2. The molecule has 394 valence electrons. The molecule has 0 bridgehead atoms. The van der Waals surface area contributed by atoms with E-state index in [4.69, 9.17) is 56.7 Å².